The van der Waals surface area contributed by atoms with Crippen LogP contribution in [0.5, 0.6) is 0 Å². The minimum atomic E-state index is -0.354. The van der Waals surface area contributed by atoms with Gasteiger partial charge in [0.25, 0.3) is 5.69 Å². The topological polar surface area (TPSA) is 71.8 Å². The third kappa shape index (κ3) is 1.88. The molecule has 0 fully saturated rings. The summed E-state index contributed by atoms with van der Waals surface area (Å²) in [4.78, 5) is 10.7. The molecule has 1 N–H and O–H groups in total. The summed E-state index contributed by atoms with van der Waals surface area (Å²) in [6, 6.07) is 3.60. The molecule has 90 valence electrons. The van der Waals surface area contributed by atoms with Crippen molar-refractivity contribution in [3.63, 3.8) is 0 Å². The van der Waals surface area contributed by atoms with Crippen LogP contribution in [0.15, 0.2) is 18.3 Å². The Hall–Kier alpha value is -1.91. The molecule has 0 aliphatic carbocycles. The first-order chi connectivity index (χ1) is 7.95. The molecule has 17 heavy (non-hydrogen) atoms. The summed E-state index contributed by atoms with van der Waals surface area (Å²) < 4.78 is 0. The molecule has 1 aromatic carbocycles. The van der Waals surface area contributed by atoms with Gasteiger partial charge in [0, 0.05) is 6.07 Å². The molecule has 0 amide bonds. The maximum Gasteiger partial charge on any atom is 0.280 e. The molecule has 5 heteroatoms. The van der Waals surface area contributed by atoms with E-state index in [0.717, 1.165) is 17.5 Å². The molecule has 0 aliphatic heterocycles. The second-order valence-corrected chi connectivity index (χ2v) is 4.82. The van der Waals surface area contributed by atoms with E-state index < -0.39 is 0 Å². The second-order valence-electron chi connectivity index (χ2n) is 4.82. The Morgan fingerprint density at radius 3 is 2.76 bits per heavy atom. The number of benzene rings is 1. The van der Waals surface area contributed by atoms with Gasteiger partial charge in [0.1, 0.15) is 0 Å². The van der Waals surface area contributed by atoms with Gasteiger partial charge in [-0.15, -0.1) is 0 Å². The first-order valence-electron chi connectivity index (χ1n) is 5.57. The molecule has 0 bridgehead atoms. The highest BCUT2D eigenvalue weighted by atomic mass is 16.6. The molecule has 0 saturated carbocycles. The van der Waals surface area contributed by atoms with E-state index in [0.29, 0.717) is 5.39 Å². The molecule has 0 aliphatic rings. The molecule has 5 nitrogen and oxygen atoms in total. The van der Waals surface area contributed by atoms with Gasteiger partial charge in [0.2, 0.25) is 0 Å². The highest BCUT2D eigenvalue weighted by Crippen LogP contribution is 2.33. The van der Waals surface area contributed by atoms with E-state index >= 15 is 0 Å². The normalized spacial score (nSPS) is 11.9. The fourth-order valence-corrected chi connectivity index (χ4v) is 1.78. The number of nitro benzene ring substituents is 1. The van der Waals surface area contributed by atoms with Crippen molar-refractivity contribution < 1.29 is 4.92 Å². The minimum Gasteiger partial charge on any atom is -0.278 e. The van der Waals surface area contributed by atoms with Gasteiger partial charge in [0.05, 0.1) is 22.0 Å². The summed E-state index contributed by atoms with van der Waals surface area (Å²) in [7, 11) is 0. The summed E-state index contributed by atoms with van der Waals surface area (Å²) >= 11 is 0. The number of nitro groups is 1. The molecular weight excluding hydrogens is 218 g/mol. The van der Waals surface area contributed by atoms with Gasteiger partial charge in [0.15, 0.2) is 0 Å². The van der Waals surface area contributed by atoms with Crippen molar-refractivity contribution in [3.05, 3.63) is 34.0 Å². The van der Waals surface area contributed by atoms with E-state index in [4.69, 9.17) is 0 Å². The lowest BCUT2D eigenvalue weighted by Gasteiger charge is -2.23. The van der Waals surface area contributed by atoms with Gasteiger partial charge in [-0.25, -0.2) is 0 Å². The second kappa shape index (κ2) is 3.84. The van der Waals surface area contributed by atoms with E-state index in [2.05, 4.69) is 31.0 Å². The predicted molar refractivity (Wildman–Crippen MR) is 66.1 cm³/mol. The maximum atomic E-state index is 11.0. The lowest BCUT2D eigenvalue weighted by molar-refractivity contribution is -0.383. The summed E-state index contributed by atoms with van der Waals surface area (Å²) in [5, 5.41) is 18.3. The standard InChI is InChI=1S/C12H15N3O2/c1-4-12(2,3)8-5-10-9(7-13-14-10)11(6-8)15(16)17/h5-7H,4H2,1-3H3,(H,13,14). The van der Waals surface area contributed by atoms with Crippen LogP contribution in [0.2, 0.25) is 0 Å². The van der Waals surface area contributed by atoms with E-state index in [1.807, 2.05) is 6.07 Å². The lowest BCUT2D eigenvalue weighted by atomic mass is 9.82. The van der Waals surface area contributed by atoms with Crippen LogP contribution in [0.4, 0.5) is 5.69 Å². The van der Waals surface area contributed by atoms with Crippen LogP contribution in [0.25, 0.3) is 10.9 Å². The zero-order valence-electron chi connectivity index (χ0n) is 10.2. The fourth-order valence-electron chi connectivity index (χ4n) is 1.78. The SMILES string of the molecule is CCC(C)(C)c1cc([N+](=O)[O-])c2cn[nH]c2c1. The van der Waals surface area contributed by atoms with E-state index in [-0.39, 0.29) is 16.0 Å². The number of aromatic nitrogens is 2. The molecule has 2 rings (SSSR count). The number of aromatic amines is 1. The monoisotopic (exact) mass is 233 g/mol. The third-order valence-corrected chi connectivity index (χ3v) is 3.40. The Morgan fingerprint density at radius 2 is 2.18 bits per heavy atom. The van der Waals surface area contributed by atoms with Gasteiger partial charge in [-0.05, 0) is 23.5 Å². The van der Waals surface area contributed by atoms with Crippen LogP contribution in [0.1, 0.15) is 32.8 Å². The zero-order chi connectivity index (χ0) is 12.6. The number of hydrogen-bond acceptors (Lipinski definition) is 3. The molecule has 0 unspecified atom stereocenters. The van der Waals surface area contributed by atoms with Crippen LogP contribution in [-0.4, -0.2) is 15.1 Å². The Kier molecular flexibility index (Phi) is 2.61. The van der Waals surface area contributed by atoms with Crippen molar-refractivity contribution in [2.75, 3.05) is 0 Å². The fraction of sp³-hybridized carbons (Fsp3) is 0.417. The van der Waals surface area contributed by atoms with Crippen molar-refractivity contribution in [2.24, 2.45) is 0 Å². The van der Waals surface area contributed by atoms with Crippen LogP contribution < -0.4 is 0 Å². The summed E-state index contributed by atoms with van der Waals surface area (Å²) in [5.74, 6) is 0. The van der Waals surface area contributed by atoms with Crippen molar-refractivity contribution >= 4 is 16.6 Å². The van der Waals surface area contributed by atoms with Crippen molar-refractivity contribution in [2.45, 2.75) is 32.6 Å². The molecular formula is C12H15N3O2. The number of nitrogens with zero attached hydrogens (tertiary/aromatic N) is 2. The smallest absolute Gasteiger partial charge is 0.278 e. The van der Waals surface area contributed by atoms with E-state index in [1.54, 1.807) is 6.07 Å². The van der Waals surface area contributed by atoms with E-state index in [9.17, 15) is 10.1 Å². The highest BCUT2D eigenvalue weighted by molar-refractivity contribution is 5.88. The number of nitrogens with one attached hydrogen (secondary N) is 1. The average molecular weight is 233 g/mol. The van der Waals surface area contributed by atoms with Crippen LogP contribution in [0.3, 0.4) is 0 Å². The maximum absolute atomic E-state index is 11.0. The number of fused-ring (bicyclic) bond motifs is 1. The quantitative estimate of drug-likeness (QED) is 0.653. The number of hydrogen-bond donors (Lipinski definition) is 1. The van der Waals surface area contributed by atoms with Crippen LogP contribution in [-0.2, 0) is 5.41 Å². The predicted octanol–water partition coefficient (Wildman–Crippen LogP) is 3.16. The van der Waals surface area contributed by atoms with E-state index in [1.165, 1.54) is 6.20 Å². The van der Waals surface area contributed by atoms with Crippen LogP contribution >= 0.6 is 0 Å². The lowest BCUT2D eigenvalue weighted by Crippen LogP contribution is -2.15. The van der Waals surface area contributed by atoms with Gasteiger partial charge in [-0.2, -0.15) is 5.10 Å². The molecule has 2 aromatic rings. The summed E-state index contributed by atoms with van der Waals surface area (Å²) in [5.41, 5.74) is 1.72. The first-order valence-corrected chi connectivity index (χ1v) is 5.57. The largest absolute Gasteiger partial charge is 0.280 e. The van der Waals surface area contributed by atoms with Crippen molar-refractivity contribution in [1.29, 1.82) is 0 Å². The Balaban J connectivity index is 2.71. The molecule has 0 atom stereocenters. The molecule has 1 aromatic heterocycles. The van der Waals surface area contributed by atoms with Gasteiger partial charge in [-0.3, -0.25) is 15.2 Å². The number of rotatable bonds is 3. The molecule has 0 spiro atoms. The summed E-state index contributed by atoms with van der Waals surface area (Å²) in [6.45, 7) is 6.23. The minimum absolute atomic E-state index is 0.0793. The highest BCUT2D eigenvalue weighted by Gasteiger charge is 2.23. The first kappa shape index (κ1) is 11.6. The average Bonchev–Trinajstić information content (AvgIpc) is 2.75. The number of non-ortho nitro benzene ring substituents is 1. The van der Waals surface area contributed by atoms with Gasteiger partial charge >= 0.3 is 0 Å². The van der Waals surface area contributed by atoms with Crippen molar-refractivity contribution in [3.8, 4) is 0 Å². The summed E-state index contributed by atoms with van der Waals surface area (Å²) in [6.07, 6.45) is 2.42. The van der Waals surface area contributed by atoms with Crippen molar-refractivity contribution in [1.82, 2.24) is 10.2 Å². The van der Waals surface area contributed by atoms with Gasteiger partial charge < -0.3 is 0 Å². The third-order valence-electron chi connectivity index (χ3n) is 3.40. The molecule has 0 saturated heterocycles. The number of H-pyrrole nitrogens is 1. The Labute approximate surface area is 99.0 Å². The van der Waals surface area contributed by atoms with Gasteiger partial charge in [-0.1, -0.05) is 20.8 Å². The van der Waals surface area contributed by atoms with Crippen LogP contribution in [0, 0.1) is 10.1 Å². The molecule has 0 radical (unpaired) electrons. The Bertz CT molecular complexity index is 572. The molecule has 1 heterocycles. The zero-order valence-corrected chi connectivity index (χ0v) is 10.2. The Morgan fingerprint density at radius 1 is 1.47 bits per heavy atom.